The summed E-state index contributed by atoms with van der Waals surface area (Å²) in [5.74, 6) is 1.35. The fourth-order valence-electron chi connectivity index (χ4n) is 4.17. The normalized spacial score (nSPS) is 18.3. The molecular formula is C20H29N5O. The molecule has 1 fully saturated rings. The zero-order valence-electron chi connectivity index (χ0n) is 16.2. The maximum Gasteiger partial charge on any atom is 0.219 e. The number of aryl methyl sites for hydroxylation is 3. The first-order chi connectivity index (χ1) is 12.6. The number of nitrogens with zero attached hydrogens (tertiary/aromatic N) is 5. The zero-order valence-corrected chi connectivity index (χ0v) is 16.2. The van der Waals surface area contributed by atoms with Crippen LogP contribution >= 0.6 is 0 Å². The largest absolute Gasteiger partial charge is 0.477 e. The van der Waals surface area contributed by atoms with Crippen molar-refractivity contribution in [1.29, 1.82) is 0 Å². The molecule has 0 spiro atoms. The smallest absolute Gasteiger partial charge is 0.219 e. The van der Waals surface area contributed by atoms with Crippen LogP contribution in [0.25, 0.3) is 0 Å². The van der Waals surface area contributed by atoms with Crippen LogP contribution in [0.15, 0.2) is 6.33 Å². The van der Waals surface area contributed by atoms with Crippen LogP contribution in [-0.4, -0.2) is 44.3 Å². The Balaban J connectivity index is 1.29. The van der Waals surface area contributed by atoms with E-state index in [0.29, 0.717) is 5.92 Å². The Labute approximate surface area is 155 Å². The van der Waals surface area contributed by atoms with Gasteiger partial charge in [-0.25, -0.2) is 9.97 Å². The summed E-state index contributed by atoms with van der Waals surface area (Å²) < 4.78 is 8.10. The molecular weight excluding hydrogens is 326 g/mol. The van der Waals surface area contributed by atoms with E-state index in [2.05, 4.69) is 26.6 Å². The standard InChI is InChI=1S/C20H29N5O/c1-14-15(2)21-13-22-20(14)26-12-16-7-9-25(10-8-16)11-19-17-5-4-6-18(17)23-24(19)3/h13,16H,4-12H2,1-3H3. The molecule has 140 valence electrons. The average molecular weight is 355 g/mol. The van der Waals surface area contributed by atoms with E-state index < -0.39 is 0 Å². The Hall–Kier alpha value is -1.95. The van der Waals surface area contributed by atoms with Gasteiger partial charge in [-0.2, -0.15) is 5.10 Å². The number of hydrogen-bond acceptors (Lipinski definition) is 5. The van der Waals surface area contributed by atoms with Crippen molar-refractivity contribution < 1.29 is 4.74 Å². The van der Waals surface area contributed by atoms with Crippen LogP contribution in [-0.2, 0) is 26.4 Å². The summed E-state index contributed by atoms with van der Waals surface area (Å²) in [5, 5.41) is 4.71. The first-order valence-electron chi connectivity index (χ1n) is 9.78. The molecule has 0 amide bonds. The van der Waals surface area contributed by atoms with E-state index in [1.165, 1.54) is 42.6 Å². The highest BCUT2D eigenvalue weighted by Crippen LogP contribution is 2.27. The first kappa shape index (κ1) is 17.5. The summed E-state index contributed by atoms with van der Waals surface area (Å²) in [6.07, 6.45) is 7.59. The summed E-state index contributed by atoms with van der Waals surface area (Å²) in [4.78, 5) is 11.1. The minimum Gasteiger partial charge on any atom is -0.477 e. The molecule has 0 aromatic carbocycles. The molecule has 3 heterocycles. The summed E-state index contributed by atoms with van der Waals surface area (Å²) in [5.41, 5.74) is 6.33. The van der Waals surface area contributed by atoms with Crippen molar-refractivity contribution in [1.82, 2.24) is 24.6 Å². The summed E-state index contributed by atoms with van der Waals surface area (Å²) in [6.45, 7) is 8.09. The second kappa shape index (κ2) is 7.35. The molecule has 2 aromatic rings. The van der Waals surface area contributed by atoms with E-state index in [1.54, 1.807) is 6.33 Å². The molecule has 1 saturated heterocycles. The van der Waals surface area contributed by atoms with Crippen LogP contribution < -0.4 is 4.74 Å². The quantitative estimate of drug-likeness (QED) is 0.825. The molecule has 0 N–H and O–H groups in total. The van der Waals surface area contributed by atoms with Crippen molar-refractivity contribution >= 4 is 0 Å². The number of fused-ring (bicyclic) bond motifs is 1. The maximum absolute atomic E-state index is 5.99. The molecule has 0 bridgehead atoms. The second-order valence-corrected chi connectivity index (χ2v) is 7.77. The molecule has 1 aliphatic heterocycles. The van der Waals surface area contributed by atoms with Gasteiger partial charge >= 0.3 is 0 Å². The predicted molar refractivity (Wildman–Crippen MR) is 100 cm³/mol. The third-order valence-electron chi connectivity index (χ3n) is 6.02. The van der Waals surface area contributed by atoms with Gasteiger partial charge in [-0.1, -0.05) is 0 Å². The molecule has 0 saturated carbocycles. The third kappa shape index (κ3) is 3.47. The Bertz CT molecular complexity index is 777. The highest BCUT2D eigenvalue weighted by molar-refractivity contribution is 5.30. The SMILES string of the molecule is Cc1ncnc(OCC2CCN(Cc3c4c(nn3C)CCC4)CC2)c1C. The molecule has 2 aliphatic rings. The lowest BCUT2D eigenvalue weighted by Crippen LogP contribution is -2.35. The van der Waals surface area contributed by atoms with Gasteiger partial charge in [0.25, 0.3) is 0 Å². The van der Waals surface area contributed by atoms with Crippen molar-refractivity contribution in [2.45, 2.75) is 52.5 Å². The fraction of sp³-hybridized carbons (Fsp3) is 0.650. The van der Waals surface area contributed by atoms with Gasteiger partial charge in [0.15, 0.2) is 0 Å². The molecule has 1 aliphatic carbocycles. The van der Waals surface area contributed by atoms with Gasteiger partial charge in [0.05, 0.1) is 18.0 Å². The number of ether oxygens (including phenoxy) is 1. The van der Waals surface area contributed by atoms with Gasteiger partial charge in [0.2, 0.25) is 5.88 Å². The number of hydrogen-bond donors (Lipinski definition) is 0. The van der Waals surface area contributed by atoms with Gasteiger partial charge in [-0.3, -0.25) is 9.58 Å². The van der Waals surface area contributed by atoms with Crippen LogP contribution in [0.4, 0.5) is 0 Å². The van der Waals surface area contributed by atoms with Crippen LogP contribution in [0.5, 0.6) is 5.88 Å². The van der Waals surface area contributed by atoms with Crippen molar-refractivity contribution in [2.24, 2.45) is 13.0 Å². The number of piperidine rings is 1. The van der Waals surface area contributed by atoms with E-state index >= 15 is 0 Å². The van der Waals surface area contributed by atoms with E-state index in [0.717, 1.165) is 49.8 Å². The lowest BCUT2D eigenvalue weighted by Gasteiger charge is -2.32. The Morgan fingerprint density at radius 3 is 2.77 bits per heavy atom. The first-order valence-corrected chi connectivity index (χ1v) is 9.78. The van der Waals surface area contributed by atoms with E-state index in [4.69, 9.17) is 9.84 Å². The lowest BCUT2D eigenvalue weighted by molar-refractivity contribution is 0.132. The summed E-state index contributed by atoms with van der Waals surface area (Å²) >= 11 is 0. The molecule has 2 aromatic heterocycles. The number of rotatable bonds is 5. The van der Waals surface area contributed by atoms with Gasteiger partial charge in [-0.15, -0.1) is 0 Å². The van der Waals surface area contributed by atoms with Crippen molar-refractivity contribution in [2.75, 3.05) is 19.7 Å². The molecule has 0 unspecified atom stereocenters. The van der Waals surface area contributed by atoms with Crippen molar-refractivity contribution in [3.63, 3.8) is 0 Å². The maximum atomic E-state index is 5.99. The topological polar surface area (TPSA) is 56.1 Å². The monoisotopic (exact) mass is 355 g/mol. The molecule has 0 radical (unpaired) electrons. The molecule has 6 nitrogen and oxygen atoms in total. The van der Waals surface area contributed by atoms with Crippen LogP contribution in [0.3, 0.4) is 0 Å². The Morgan fingerprint density at radius 2 is 1.96 bits per heavy atom. The van der Waals surface area contributed by atoms with Gasteiger partial charge < -0.3 is 4.74 Å². The van der Waals surface area contributed by atoms with Crippen molar-refractivity contribution in [3.8, 4) is 5.88 Å². The summed E-state index contributed by atoms with van der Waals surface area (Å²) in [6, 6.07) is 0. The van der Waals surface area contributed by atoms with E-state index in [1.807, 2.05) is 13.8 Å². The summed E-state index contributed by atoms with van der Waals surface area (Å²) in [7, 11) is 2.10. The van der Waals surface area contributed by atoms with Crippen molar-refractivity contribution in [3.05, 3.63) is 34.5 Å². The molecule has 26 heavy (non-hydrogen) atoms. The average Bonchev–Trinajstić information content (AvgIpc) is 3.20. The van der Waals surface area contributed by atoms with Gasteiger partial charge in [0.1, 0.15) is 6.33 Å². The highest BCUT2D eigenvalue weighted by atomic mass is 16.5. The third-order valence-corrected chi connectivity index (χ3v) is 6.02. The second-order valence-electron chi connectivity index (χ2n) is 7.77. The van der Waals surface area contributed by atoms with E-state index in [-0.39, 0.29) is 0 Å². The van der Waals surface area contributed by atoms with Gasteiger partial charge in [-0.05, 0) is 70.5 Å². The number of aromatic nitrogens is 4. The lowest BCUT2D eigenvalue weighted by atomic mass is 9.97. The minimum atomic E-state index is 0.609. The highest BCUT2D eigenvalue weighted by Gasteiger charge is 2.25. The Morgan fingerprint density at radius 1 is 1.15 bits per heavy atom. The van der Waals surface area contributed by atoms with E-state index in [9.17, 15) is 0 Å². The van der Waals surface area contributed by atoms with Crippen LogP contribution in [0.1, 0.15) is 47.5 Å². The zero-order chi connectivity index (χ0) is 18.1. The van der Waals surface area contributed by atoms with Gasteiger partial charge in [0, 0.05) is 24.8 Å². The molecule has 4 rings (SSSR count). The molecule has 0 atom stereocenters. The number of likely N-dealkylation sites (tertiary alicyclic amines) is 1. The Kier molecular flexibility index (Phi) is 4.94. The van der Waals surface area contributed by atoms with Crippen LogP contribution in [0.2, 0.25) is 0 Å². The fourth-order valence-corrected chi connectivity index (χ4v) is 4.17. The molecule has 6 heteroatoms. The van der Waals surface area contributed by atoms with Crippen LogP contribution in [0, 0.1) is 19.8 Å². The predicted octanol–water partition coefficient (Wildman–Crippen LogP) is 2.61. The minimum absolute atomic E-state index is 0.609.